The molecule has 2 N–H and O–H groups in total. The molecule has 0 aliphatic carbocycles. The monoisotopic (exact) mass is 732 g/mol. The Balaban J connectivity index is 1.40. The van der Waals surface area contributed by atoms with E-state index in [0.29, 0.717) is 17.2 Å². The van der Waals surface area contributed by atoms with Gasteiger partial charge in [0, 0.05) is 41.0 Å². The number of halogens is 4. The fourth-order valence-electron chi connectivity index (χ4n) is 6.19. The van der Waals surface area contributed by atoms with Gasteiger partial charge in [0.15, 0.2) is 0 Å². The number of carboxylic acid groups (broad SMARTS) is 1. The molecule has 0 unspecified atom stereocenters. The average Bonchev–Trinajstić information content (AvgIpc) is 3.40. The summed E-state index contributed by atoms with van der Waals surface area (Å²) in [5.41, 5.74) is 3.71. The van der Waals surface area contributed by atoms with Crippen LogP contribution in [-0.2, 0) is 29.0 Å². The highest BCUT2D eigenvalue weighted by atomic mass is 35.5. The van der Waals surface area contributed by atoms with Crippen LogP contribution in [-0.4, -0.2) is 37.2 Å². The van der Waals surface area contributed by atoms with Crippen molar-refractivity contribution < 1.29 is 36.2 Å². The quantitative estimate of drug-likeness (QED) is 0.124. The van der Waals surface area contributed by atoms with Crippen LogP contribution in [0.2, 0.25) is 5.02 Å². The molecule has 0 atom stereocenters. The lowest BCUT2D eigenvalue weighted by atomic mass is 9.97. The summed E-state index contributed by atoms with van der Waals surface area (Å²) in [5.74, 6) is -0.560. The lowest BCUT2D eigenvalue weighted by Gasteiger charge is -2.25. The smallest absolute Gasteiger partial charge is 0.416 e. The maximum atomic E-state index is 13.3. The van der Waals surface area contributed by atoms with Crippen LogP contribution in [0.4, 0.5) is 13.2 Å². The zero-order valence-electron chi connectivity index (χ0n) is 27.0. The summed E-state index contributed by atoms with van der Waals surface area (Å²) in [5, 5.41) is 10.6. The van der Waals surface area contributed by atoms with Gasteiger partial charge in [-0.1, -0.05) is 72.3 Å². The van der Waals surface area contributed by atoms with Crippen molar-refractivity contribution in [2.24, 2.45) is 0 Å². The molecule has 0 spiro atoms. The third-order valence-corrected chi connectivity index (χ3v) is 10.3. The number of fused-ring (bicyclic) bond motifs is 1. The number of ether oxygens (including phenoxy) is 1. The van der Waals surface area contributed by atoms with Gasteiger partial charge in [-0.25, -0.2) is 17.9 Å². The summed E-state index contributed by atoms with van der Waals surface area (Å²) in [6.07, 6.45) is -3.99. The Labute approximate surface area is 297 Å². The summed E-state index contributed by atoms with van der Waals surface area (Å²) in [6, 6.07) is 34.5. The van der Waals surface area contributed by atoms with E-state index in [2.05, 4.69) is 9.29 Å². The molecular weight excluding hydrogens is 701 g/mol. The molecule has 262 valence electrons. The van der Waals surface area contributed by atoms with Gasteiger partial charge in [0.05, 0.1) is 28.7 Å². The maximum absolute atomic E-state index is 13.3. The van der Waals surface area contributed by atoms with Crippen LogP contribution < -0.4 is 9.46 Å². The lowest BCUT2D eigenvalue weighted by molar-refractivity contribution is -0.137. The number of rotatable bonds is 13. The zero-order valence-corrected chi connectivity index (χ0v) is 28.6. The van der Waals surface area contributed by atoms with Gasteiger partial charge in [-0.2, -0.15) is 13.2 Å². The van der Waals surface area contributed by atoms with Crippen molar-refractivity contribution in [2.45, 2.75) is 30.0 Å². The number of alkyl halides is 3. The van der Waals surface area contributed by atoms with Crippen molar-refractivity contribution >= 4 is 38.5 Å². The summed E-state index contributed by atoms with van der Waals surface area (Å²) in [6.45, 7) is 0.151. The first-order valence-corrected chi connectivity index (χ1v) is 17.8. The van der Waals surface area contributed by atoms with Gasteiger partial charge in [-0.05, 0) is 83.4 Å². The minimum atomic E-state index is -4.60. The van der Waals surface area contributed by atoms with Crippen LogP contribution in [0.1, 0.15) is 44.3 Å². The molecule has 0 radical (unpaired) electrons. The summed E-state index contributed by atoms with van der Waals surface area (Å²) in [4.78, 5) is 11.0. The molecule has 0 saturated heterocycles. The number of carboxylic acids is 1. The zero-order chi connectivity index (χ0) is 36.2. The molecule has 0 aliphatic heterocycles. The number of benzene rings is 5. The molecular formula is C39H32ClF3N2O5S. The highest BCUT2D eigenvalue weighted by molar-refractivity contribution is 7.89. The largest absolute Gasteiger partial charge is 0.493 e. The molecule has 0 bridgehead atoms. The number of sulfonamides is 1. The minimum Gasteiger partial charge on any atom is -0.493 e. The van der Waals surface area contributed by atoms with Crippen LogP contribution in [0.15, 0.2) is 132 Å². The second-order valence-electron chi connectivity index (χ2n) is 11.8. The number of hydrogen-bond donors (Lipinski definition) is 2. The first kappa shape index (κ1) is 35.7. The normalized spacial score (nSPS) is 12.0. The SMILES string of the molecule is O=C(O)c1ccc(OCCc2c(CCNS(=O)(=O)c3ccc(C(F)(F)F)cc3)n(C(c3ccccc3)c3ccccc3)c3ccc(Cl)cc23)cc1. The molecule has 1 aromatic heterocycles. The number of aromatic carboxylic acids is 1. The number of nitrogens with zero attached hydrogens (tertiary/aromatic N) is 1. The second kappa shape index (κ2) is 15.0. The van der Waals surface area contributed by atoms with Crippen molar-refractivity contribution in [3.8, 4) is 5.75 Å². The van der Waals surface area contributed by atoms with E-state index in [1.807, 2.05) is 72.8 Å². The first-order chi connectivity index (χ1) is 24.4. The predicted octanol–water partition coefficient (Wildman–Crippen LogP) is 8.79. The van der Waals surface area contributed by atoms with Crippen LogP contribution in [0, 0.1) is 0 Å². The highest BCUT2D eigenvalue weighted by Gasteiger charge is 2.31. The molecule has 0 fully saturated rings. The molecule has 1 heterocycles. The van der Waals surface area contributed by atoms with Crippen molar-refractivity contribution in [1.82, 2.24) is 9.29 Å². The second-order valence-corrected chi connectivity index (χ2v) is 14.0. The average molecular weight is 733 g/mol. The molecule has 6 aromatic rings. The van der Waals surface area contributed by atoms with Gasteiger partial charge < -0.3 is 14.4 Å². The first-order valence-electron chi connectivity index (χ1n) is 16.0. The van der Waals surface area contributed by atoms with Gasteiger partial charge in [-0.3, -0.25) is 0 Å². The van der Waals surface area contributed by atoms with Crippen LogP contribution in [0.25, 0.3) is 10.9 Å². The molecule has 0 aliphatic rings. The van der Waals surface area contributed by atoms with E-state index in [9.17, 15) is 31.5 Å². The molecule has 51 heavy (non-hydrogen) atoms. The summed E-state index contributed by atoms with van der Waals surface area (Å²) in [7, 11) is -4.16. The Bertz CT molecular complexity index is 2200. The molecule has 7 nitrogen and oxygen atoms in total. The van der Waals surface area contributed by atoms with Crippen molar-refractivity contribution in [2.75, 3.05) is 13.2 Å². The maximum Gasteiger partial charge on any atom is 0.416 e. The predicted molar refractivity (Wildman–Crippen MR) is 190 cm³/mol. The molecule has 0 saturated carbocycles. The van der Waals surface area contributed by atoms with Gasteiger partial charge in [0.2, 0.25) is 10.0 Å². The lowest BCUT2D eigenvalue weighted by Crippen LogP contribution is -2.27. The van der Waals surface area contributed by atoms with Crippen LogP contribution in [0.3, 0.4) is 0 Å². The van der Waals surface area contributed by atoms with E-state index in [-0.39, 0.29) is 36.1 Å². The topological polar surface area (TPSA) is 97.6 Å². The van der Waals surface area contributed by atoms with E-state index in [1.165, 1.54) is 12.1 Å². The van der Waals surface area contributed by atoms with Crippen molar-refractivity contribution in [1.29, 1.82) is 0 Å². The Morgan fingerprint density at radius 2 is 1.43 bits per heavy atom. The Kier molecular flexibility index (Phi) is 10.5. The number of hydrogen-bond acceptors (Lipinski definition) is 4. The van der Waals surface area contributed by atoms with Gasteiger partial charge in [0.25, 0.3) is 0 Å². The highest BCUT2D eigenvalue weighted by Crippen LogP contribution is 2.38. The van der Waals surface area contributed by atoms with E-state index >= 15 is 0 Å². The molecule has 12 heteroatoms. The van der Waals surface area contributed by atoms with Gasteiger partial charge in [-0.15, -0.1) is 0 Å². The molecule has 5 aromatic carbocycles. The fraction of sp³-hybridized carbons (Fsp3) is 0.154. The van der Waals surface area contributed by atoms with E-state index in [1.54, 1.807) is 18.2 Å². The standard InChI is InChI=1S/C39H32ClF3N2O5S/c40-30-15-20-35-34(25-30)33(22-24-50-31-16-11-28(12-17-31)38(46)47)36(21-23-44-51(48,49)32-18-13-29(14-19-32)39(41,42)43)45(35)37(26-7-3-1-4-8-26)27-9-5-2-6-10-27/h1-20,25,37,44H,21-24H2,(H,46,47). The molecule has 6 rings (SSSR count). The van der Waals surface area contributed by atoms with E-state index in [0.717, 1.165) is 57.6 Å². The number of carbonyl (C=O) groups is 1. The Morgan fingerprint density at radius 3 is 2.00 bits per heavy atom. The van der Waals surface area contributed by atoms with E-state index in [4.69, 9.17) is 16.3 Å². The fourth-order valence-corrected chi connectivity index (χ4v) is 7.39. The van der Waals surface area contributed by atoms with E-state index < -0.39 is 27.7 Å². The minimum absolute atomic E-state index is 0.0613. The summed E-state index contributed by atoms with van der Waals surface area (Å²) >= 11 is 6.56. The van der Waals surface area contributed by atoms with Gasteiger partial charge in [0.1, 0.15) is 5.75 Å². The van der Waals surface area contributed by atoms with Crippen LogP contribution in [0.5, 0.6) is 5.75 Å². The third-order valence-electron chi connectivity index (χ3n) is 8.54. The van der Waals surface area contributed by atoms with Crippen molar-refractivity contribution in [3.05, 3.63) is 166 Å². The number of nitrogens with one attached hydrogen (secondary N) is 1. The van der Waals surface area contributed by atoms with Crippen molar-refractivity contribution in [3.63, 3.8) is 0 Å². The van der Waals surface area contributed by atoms with Crippen LogP contribution >= 0.6 is 11.6 Å². The molecule has 0 amide bonds. The summed E-state index contributed by atoms with van der Waals surface area (Å²) < 4.78 is 76.7. The van der Waals surface area contributed by atoms with Gasteiger partial charge >= 0.3 is 12.1 Å². The third kappa shape index (κ3) is 8.12. The number of aromatic nitrogens is 1. The Hall–Kier alpha value is -5.10. The Morgan fingerprint density at radius 1 is 0.824 bits per heavy atom.